The van der Waals surface area contributed by atoms with Gasteiger partial charge in [0, 0.05) is 4.90 Å². The van der Waals surface area contributed by atoms with E-state index in [2.05, 4.69) is 24.9 Å². The first-order valence-electron chi connectivity index (χ1n) is 4.16. The van der Waals surface area contributed by atoms with Gasteiger partial charge in [0.2, 0.25) is 0 Å². The maximum atomic E-state index is 10.9. The Hall–Kier alpha value is -0.890. The molecule has 0 fully saturated rings. The second kappa shape index (κ2) is 4.38. The lowest BCUT2D eigenvalue weighted by atomic mass is 10.2. The number of hydrogen-bond acceptors (Lipinski definition) is 1. The van der Waals surface area contributed by atoms with E-state index in [0.717, 1.165) is 0 Å². The van der Waals surface area contributed by atoms with Crippen LogP contribution in [0.2, 0.25) is 0 Å². The van der Waals surface area contributed by atoms with Crippen molar-refractivity contribution < 1.29 is 4.79 Å². The molecule has 0 aliphatic heterocycles. The largest absolute Gasteiger partial charge is 0.299 e. The van der Waals surface area contributed by atoms with Crippen LogP contribution in [0, 0.1) is 6.92 Å². The zero-order chi connectivity index (χ0) is 9.84. The van der Waals surface area contributed by atoms with Crippen LogP contribution in [0.15, 0.2) is 29.2 Å². The zero-order valence-corrected chi connectivity index (χ0v) is 8.86. The molecule has 0 N–H and O–H groups in total. The average Bonchev–Trinajstić information content (AvgIpc) is 2.04. The second-order valence-electron chi connectivity index (χ2n) is 3.15. The monoisotopic (exact) mass is 194 g/mol. The van der Waals surface area contributed by atoms with Gasteiger partial charge in [0.15, 0.2) is 0 Å². The standard InChI is InChI=1S/C11H14OS/c1-9-4-6-11(7-5-9)13(3)8-10(2)12/h4-7H,3,8H2,1-2H3. The summed E-state index contributed by atoms with van der Waals surface area (Å²) in [6.07, 6.45) is 0. The number of carbonyl (C=O) groups is 1. The van der Waals surface area contributed by atoms with E-state index in [9.17, 15) is 4.79 Å². The molecule has 0 spiro atoms. The van der Waals surface area contributed by atoms with Gasteiger partial charge in [-0.15, -0.1) is 0 Å². The lowest BCUT2D eigenvalue weighted by Gasteiger charge is -2.05. The SMILES string of the molecule is C=S(CC(C)=O)c1ccc(C)cc1. The molecule has 0 saturated heterocycles. The third-order valence-electron chi connectivity index (χ3n) is 1.73. The number of ketones is 1. The zero-order valence-electron chi connectivity index (χ0n) is 8.04. The fraction of sp³-hybridized carbons (Fsp3) is 0.273. The molecule has 1 unspecified atom stereocenters. The summed E-state index contributed by atoms with van der Waals surface area (Å²) in [5.41, 5.74) is 1.24. The third kappa shape index (κ3) is 3.15. The minimum atomic E-state index is -0.171. The molecule has 13 heavy (non-hydrogen) atoms. The van der Waals surface area contributed by atoms with Crippen molar-refractivity contribution >= 4 is 22.1 Å². The summed E-state index contributed by atoms with van der Waals surface area (Å²) in [6.45, 7) is 3.66. The second-order valence-corrected chi connectivity index (χ2v) is 4.90. The summed E-state index contributed by atoms with van der Waals surface area (Å²) in [7, 11) is -0.171. The Morgan fingerprint density at radius 3 is 2.38 bits per heavy atom. The number of aryl methyl sites for hydroxylation is 1. The number of benzene rings is 1. The van der Waals surface area contributed by atoms with E-state index in [1.54, 1.807) is 6.92 Å². The molecule has 1 aromatic carbocycles. The molecule has 0 aliphatic carbocycles. The van der Waals surface area contributed by atoms with Crippen LogP contribution in [0.1, 0.15) is 12.5 Å². The highest BCUT2D eigenvalue weighted by molar-refractivity contribution is 8.14. The quantitative estimate of drug-likeness (QED) is 0.676. The van der Waals surface area contributed by atoms with Crippen LogP contribution in [-0.2, 0) is 4.79 Å². The van der Waals surface area contributed by atoms with Crippen LogP contribution in [0.3, 0.4) is 0 Å². The third-order valence-corrected chi connectivity index (χ3v) is 3.43. The van der Waals surface area contributed by atoms with Gasteiger partial charge < -0.3 is 0 Å². The van der Waals surface area contributed by atoms with Crippen LogP contribution in [0.25, 0.3) is 0 Å². The van der Waals surface area contributed by atoms with Crippen molar-refractivity contribution in [2.24, 2.45) is 0 Å². The van der Waals surface area contributed by atoms with E-state index in [0.29, 0.717) is 5.75 Å². The first-order chi connectivity index (χ1) is 6.09. The van der Waals surface area contributed by atoms with Gasteiger partial charge in [0.25, 0.3) is 0 Å². The van der Waals surface area contributed by atoms with Crippen molar-refractivity contribution in [2.75, 3.05) is 5.75 Å². The van der Waals surface area contributed by atoms with Crippen LogP contribution >= 0.6 is 10.5 Å². The molecular weight excluding hydrogens is 180 g/mol. The maximum Gasteiger partial charge on any atom is 0.139 e. The molecular formula is C11H14OS. The average molecular weight is 194 g/mol. The molecule has 0 aliphatic rings. The van der Waals surface area contributed by atoms with Gasteiger partial charge in [-0.05, 0) is 26.0 Å². The molecule has 1 aromatic rings. The molecule has 2 heteroatoms. The van der Waals surface area contributed by atoms with E-state index < -0.39 is 0 Å². The van der Waals surface area contributed by atoms with Crippen molar-refractivity contribution in [1.82, 2.24) is 0 Å². The predicted octanol–water partition coefficient (Wildman–Crippen LogP) is 2.64. The van der Waals surface area contributed by atoms with E-state index in [4.69, 9.17) is 0 Å². The van der Waals surface area contributed by atoms with Crippen LogP contribution in [0.5, 0.6) is 0 Å². The Bertz CT molecular complexity index is 324. The van der Waals surface area contributed by atoms with Gasteiger partial charge in [-0.1, -0.05) is 23.6 Å². The molecule has 70 valence electrons. The smallest absolute Gasteiger partial charge is 0.139 e. The van der Waals surface area contributed by atoms with Gasteiger partial charge in [-0.2, -0.15) is 10.5 Å². The summed E-state index contributed by atoms with van der Waals surface area (Å²) in [4.78, 5) is 12.0. The number of Topliss-reactive ketones (excluding diaryl/α,β-unsaturated/α-hetero) is 1. The minimum absolute atomic E-state index is 0.171. The van der Waals surface area contributed by atoms with E-state index in [1.807, 2.05) is 12.1 Å². The van der Waals surface area contributed by atoms with E-state index >= 15 is 0 Å². The van der Waals surface area contributed by atoms with Crippen molar-refractivity contribution in [3.05, 3.63) is 29.8 Å². The number of rotatable bonds is 3. The number of carbonyl (C=O) groups excluding carboxylic acids is 1. The van der Waals surface area contributed by atoms with E-state index in [1.165, 1.54) is 10.5 Å². The molecule has 0 radical (unpaired) electrons. The summed E-state index contributed by atoms with van der Waals surface area (Å²) in [6, 6.07) is 8.21. The number of hydrogen-bond donors (Lipinski definition) is 0. The molecule has 0 amide bonds. The molecule has 1 nitrogen and oxygen atoms in total. The summed E-state index contributed by atoms with van der Waals surface area (Å²) in [5.74, 6) is 4.75. The topological polar surface area (TPSA) is 17.1 Å². The van der Waals surface area contributed by atoms with Crippen LogP contribution in [0.4, 0.5) is 0 Å². The highest BCUT2D eigenvalue weighted by atomic mass is 32.2. The summed E-state index contributed by atoms with van der Waals surface area (Å²) >= 11 is 0. The van der Waals surface area contributed by atoms with Crippen molar-refractivity contribution in [3.63, 3.8) is 0 Å². The molecule has 1 rings (SSSR count). The van der Waals surface area contributed by atoms with Crippen LogP contribution < -0.4 is 0 Å². The fourth-order valence-electron chi connectivity index (χ4n) is 1.06. The minimum Gasteiger partial charge on any atom is -0.299 e. The first kappa shape index (κ1) is 10.2. The van der Waals surface area contributed by atoms with Gasteiger partial charge in [0.05, 0.1) is 5.75 Å². The molecule has 0 aromatic heterocycles. The van der Waals surface area contributed by atoms with Gasteiger partial charge in [0.1, 0.15) is 5.78 Å². The molecule has 0 heterocycles. The Kier molecular flexibility index (Phi) is 3.43. The fourth-order valence-corrected chi connectivity index (χ4v) is 2.24. The highest BCUT2D eigenvalue weighted by Gasteiger charge is 1.99. The van der Waals surface area contributed by atoms with E-state index in [-0.39, 0.29) is 16.3 Å². The highest BCUT2D eigenvalue weighted by Crippen LogP contribution is 2.24. The Morgan fingerprint density at radius 2 is 1.92 bits per heavy atom. The maximum absolute atomic E-state index is 10.9. The molecule has 0 saturated carbocycles. The molecule has 1 atom stereocenters. The van der Waals surface area contributed by atoms with Crippen LogP contribution in [-0.4, -0.2) is 17.4 Å². The van der Waals surface area contributed by atoms with Crippen molar-refractivity contribution in [1.29, 1.82) is 0 Å². The Labute approximate surface area is 81.7 Å². The summed E-state index contributed by atoms with van der Waals surface area (Å²) in [5, 5.41) is 0. The van der Waals surface area contributed by atoms with Gasteiger partial charge >= 0.3 is 0 Å². The Balaban J connectivity index is 2.78. The van der Waals surface area contributed by atoms with Gasteiger partial charge in [-0.25, -0.2) is 0 Å². The molecule has 0 bridgehead atoms. The normalized spacial score (nSPS) is 12.5. The Morgan fingerprint density at radius 1 is 1.38 bits per heavy atom. The van der Waals surface area contributed by atoms with Crippen molar-refractivity contribution in [3.8, 4) is 0 Å². The van der Waals surface area contributed by atoms with Crippen molar-refractivity contribution in [2.45, 2.75) is 18.7 Å². The van der Waals surface area contributed by atoms with Gasteiger partial charge in [-0.3, -0.25) is 4.79 Å². The lowest BCUT2D eigenvalue weighted by Crippen LogP contribution is -1.95. The lowest BCUT2D eigenvalue weighted by molar-refractivity contribution is -0.114. The first-order valence-corrected chi connectivity index (χ1v) is 5.72. The predicted molar refractivity (Wildman–Crippen MR) is 59.7 cm³/mol. The summed E-state index contributed by atoms with van der Waals surface area (Å²) < 4.78 is 0.